The molecule has 9 rings (SSSR count). The molecule has 0 spiro atoms. The van der Waals surface area contributed by atoms with E-state index >= 15 is 0 Å². The van der Waals surface area contributed by atoms with E-state index in [4.69, 9.17) is 65.3 Å². The minimum Gasteiger partial charge on any atom is -0.508 e. The summed E-state index contributed by atoms with van der Waals surface area (Å²) >= 11 is 26.7. The van der Waals surface area contributed by atoms with E-state index in [2.05, 4.69) is 115 Å². The van der Waals surface area contributed by atoms with Crippen molar-refractivity contribution < 1.29 is 101 Å². The molecule has 18 nitrogen and oxygen atoms in total. The number of benzene rings is 6. The molecule has 0 fully saturated rings. The molecule has 11 N–H and O–H groups in total. The summed E-state index contributed by atoms with van der Waals surface area (Å²) in [5.41, 5.74) is 15.4. The van der Waals surface area contributed by atoms with E-state index in [0.29, 0.717) is 41.5 Å². The summed E-state index contributed by atoms with van der Waals surface area (Å²) in [6.45, 7) is 6.74. The van der Waals surface area contributed by atoms with E-state index in [1.165, 1.54) is 61.8 Å². The average Bonchev–Trinajstić information content (AvgIpc) is 0.827. The molecular weight excluding hydrogens is 2070 g/mol. The molecule has 0 aliphatic carbocycles. The minimum absolute atomic E-state index is 0. The number of ether oxygens (including phenoxy) is 2. The molecule has 0 bridgehead atoms. The second-order valence-corrected chi connectivity index (χ2v) is 36.0. The number of halogens is 15. The van der Waals surface area contributed by atoms with Crippen molar-refractivity contribution in [3.8, 4) is 23.0 Å². The summed E-state index contributed by atoms with van der Waals surface area (Å²) in [4.78, 5) is 57.6. The second-order valence-electron chi connectivity index (χ2n) is 18.5. The first-order valence-electron chi connectivity index (χ1n) is 27.7. The smallest absolute Gasteiger partial charge is 0.269 e. The average molecular weight is 2140 g/mol. The third-order valence-electron chi connectivity index (χ3n) is 11.2. The van der Waals surface area contributed by atoms with Gasteiger partial charge in [0.2, 0.25) is 0 Å². The Kier molecular flexibility index (Phi) is 45.3. The number of nitrogens with two attached hydrogens (primary N) is 2. The van der Waals surface area contributed by atoms with Gasteiger partial charge in [0.15, 0.2) is 0 Å². The van der Waals surface area contributed by atoms with Gasteiger partial charge in [-0.25, -0.2) is 32.5 Å². The van der Waals surface area contributed by atoms with Crippen LogP contribution in [0.3, 0.4) is 0 Å². The molecule has 0 unspecified atom stereocenters. The SMILES string of the molecule is C.COC(=O)c1cc(C)ccn1.Cc1cc(N)ccc1Cl.Cc1cc(NC(=O)Nc2ccc(O)cc2F)ccc1Cl.Cc1cc(Oc2ccc(NC(=O)Nc3ccc(Cl)c(C(F)(F)F)c3)c(F)c2)ccn1.I.II.I[I-]I.Nc1ccc(O)cc1F.[2H]C([2H])([2H])NC(=O)c1cc(C)ccn1.[V]. The van der Waals surface area contributed by atoms with Gasteiger partial charge in [0.1, 0.15) is 51.8 Å². The van der Waals surface area contributed by atoms with Crippen LogP contribution in [0.4, 0.5) is 70.1 Å². The number of phenols is 2. The maximum atomic E-state index is 14.3. The van der Waals surface area contributed by atoms with Crippen LogP contribution in [0.15, 0.2) is 164 Å². The van der Waals surface area contributed by atoms with Gasteiger partial charge in [-0.05, 0) is 178 Å². The summed E-state index contributed by atoms with van der Waals surface area (Å²) in [5, 5.41) is 29.8. The van der Waals surface area contributed by atoms with Gasteiger partial charge in [-0.1, -0.05) is 42.2 Å². The van der Waals surface area contributed by atoms with Crippen molar-refractivity contribution in [2.24, 2.45) is 0 Å². The number of nitrogen functional groups attached to an aromatic ring is 2. The number of amides is 5. The zero-order valence-electron chi connectivity index (χ0n) is 54.1. The number of aryl methyl sites for hydroxylation is 5. The Morgan fingerprint density at radius 1 is 0.582 bits per heavy atom. The first kappa shape index (κ1) is 88.7. The molecule has 6 aromatic carbocycles. The second kappa shape index (κ2) is 50.1. The molecule has 34 heteroatoms. The third-order valence-corrected chi connectivity index (χ3v) is 12.4. The Bertz CT molecular complexity index is 4080. The van der Waals surface area contributed by atoms with Gasteiger partial charge >= 0.3 is 74.7 Å². The number of aromatic nitrogens is 3. The fourth-order valence-electron chi connectivity index (χ4n) is 6.76. The van der Waals surface area contributed by atoms with Gasteiger partial charge < -0.3 is 57.7 Å². The van der Waals surface area contributed by atoms with Gasteiger partial charge in [-0.2, -0.15) is 13.2 Å². The fourth-order valence-corrected chi connectivity index (χ4v) is 7.22. The van der Waals surface area contributed by atoms with Crippen LogP contribution in [0.2, 0.25) is 15.1 Å². The van der Waals surface area contributed by atoms with Crippen molar-refractivity contribution in [1.82, 2.24) is 20.3 Å². The van der Waals surface area contributed by atoms with Crippen LogP contribution in [-0.2, 0) is 29.5 Å². The maximum absolute atomic E-state index is 14.3. The summed E-state index contributed by atoms with van der Waals surface area (Å²) in [7, 11) is 1.34. The number of pyridine rings is 3. The Morgan fingerprint density at radius 3 is 1.50 bits per heavy atom. The molecule has 0 saturated carbocycles. The summed E-state index contributed by atoms with van der Waals surface area (Å²) in [6.07, 6.45) is -0.0891. The maximum Gasteiger partial charge on any atom is 0.269 e. The van der Waals surface area contributed by atoms with E-state index in [1.807, 2.05) is 38.2 Å². The Labute approximate surface area is 664 Å². The van der Waals surface area contributed by atoms with Crippen molar-refractivity contribution in [3.63, 3.8) is 0 Å². The molecule has 5 amide bonds. The minimum atomic E-state index is -4.68. The Balaban J connectivity index is 0. The van der Waals surface area contributed by atoms with Crippen molar-refractivity contribution >= 4 is 191 Å². The van der Waals surface area contributed by atoms with Gasteiger partial charge in [0, 0.05) is 143 Å². The van der Waals surface area contributed by atoms with E-state index < -0.39 is 65.1 Å². The van der Waals surface area contributed by atoms with Crippen LogP contribution in [-0.4, -0.2) is 63.2 Å². The summed E-state index contributed by atoms with van der Waals surface area (Å²) in [6, 6.07) is 32.7. The topological polar surface area (TPSA) is 278 Å². The largest absolute Gasteiger partial charge is 0.508 e. The molecule has 98 heavy (non-hydrogen) atoms. The zero-order valence-corrected chi connectivity index (χ0v) is 67.9. The monoisotopic (exact) mass is 2130 g/mol. The molecule has 1 radical (unpaired) electrons. The standard InChI is InChI=1S/C20H14ClF4N3O2.C14H12ClFN2O2.C8H10N2O.C8H9NO2.C7H8ClN.C6H6FNO.CH4.I3.I2.HI.V/c1-11-8-14(6-7-26-11)30-13-3-5-18(17(22)10-13)28-19(29)27-12-2-4-16(21)15(9-12)20(23,24)25;1-8-6-9(2-4-11(8)15)17-14(20)18-13-5-3-10(19)7-12(13)16;1-6-3-4-10-7(5-6)8(11)9-2;1-6-3-4-9-7(5-6)8(10)11-2;1-5-4-6(9)2-3-7(5)8;7-5-3-4(9)1-2-6(5)8;;1-3-2;1-2;;/h2-10H,1H3,(H2,27,28,29);2-7,19H,1H3,(H2,17,18,20);3-5H,1-2H3,(H,9,11);3-5H,1-2H3;2-4H,9H2,1H3;1-3,9H,8H2;1H4;;;1H;/q;;;;;;;-1;;;/i;;2D3;;;;;;;;. The van der Waals surface area contributed by atoms with Crippen LogP contribution in [0, 0.1) is 52.1 Å². The van der Waals surface area contributed by atoms with E-state index in [9.17, 15) is 45.5 Å². The first-order chi connectivity index (χ1) is 46.0. The van der Waals surface area contributed by atoms with Gasteiger partial charge in [-0.15, -0.1) is 24.0 Å². The van der Waals surface area contributed by atoms with Crippen LogP contribution in [0.25, 0.3) is 0 Å². The first-order valence-corrected chi connectivity index (χ1v) is 46.2. The Morgan fingerprint density at radius 2 is 1.04 bits per heavy atom. The molecular formula is C64H64Cl3F6I6N10O8V-. The number of phenolic OH excluding ortho intramolecular Hbond substituents is 2. The molecule has 9 aromatic rings. The summed E-state index contributed by atoms with van der Waals surface area (Å²) in [5.74, 6) is -2.84. The van der Waals surface area contributed by atoms with Crippen LogP contribution in [0.5, 0.6) is 23.0 Å². The molecule has 3 aromatic heterocycles. The number of hydrogen-bond acceptors (Lipinski definition) is 13. The van der Waals surface area contributed by atoms with Crippen LogP contribution in [0.1, 0.15) is 66.0 Å². The van der Waals surface area contributed by atoms with E-state index in [-0.39, 0.29) is 95.7 Å². The normalized spacial score (nSPS) is 10.2. The van der Waals surface area contributed by atoms with Crippen LogP contribution >= 0.6 is 133 Å². The van der Waals surface area contributed by atoms with Crippen molar-refractivity contribution in [3.05, 3.63) is 242 Å². The predicted octanol–water partition coefficient (Wildman–Crippen LogP) is 17.8. The number of methoxy groups -OCH3 is 1. The number of carbonyl (C=O) groups is 4. The number of carbonyl (C=O) groups excluding carboxylic acids is 4. The predicted molar refractivity (Wildman–Crippen MR) is 415 cm³/mol. The number of nitrogens with one attached hydrogen (secondary N) is 5. The number of urea groups is 2. The number of aromatic hydroxyl groups is 2. The Hall–Kier alpha value is -5.34. The van der Waals surface area contributed by atoms with Crippen molar-refractivity contribution in [1.29, 1.82) is 0 Å². The zero-order chi connectivity index (χ0) is 74.0. The van der Waals surface area contributed by atoms with Gasteiger partial charge in [0.25, 0.3) is 5.91 Å². The molecule has 3 heterocycles. The summed E-state index contributed by atoms with van der Waals surface area (Å²) < 4.78 is 109. The molecule has 0 aliphatic rings. The number of anilines is 6. The molecule has 529 valence electrons. The van der Waals surface area contributed by atoms with Gasteiger partial charge in [0.05, 0.1) is 34.8 Å². The number of rotatable bonds is 8. The van der Waals surface area contributed by atoms with Gasteiger partial charge in [-0.3, -0.25) is 14.8 Å². The third kappa shape index (κ3) is 36.8. The van der Waals surface area contributed by atoms with Crippen molar-refractivity contribution in [2.45, 2.75) is 48.2 Å². The van der Waals surface area contributed by atoms with E-state index in [1.54, 1.807) is 80.8 Å². The molecule has 0 aliphatic heterocycles. The molecule has 0 atom stereocenters. The number of alkyl halides is 3. The number of hydrogen-bond donors (Lipinski definition) is 9. The number of esters is 1. The van der Waals surface area contributed by atoms with Crippen molar-refractivity contribution in [2.75, 3.05) is 46.8 Å². The van der Waals surface area contributed by atoms with Crippen LogP contribution < -0.4 is 56.0 Å². The number of nitrogens with zero attached hydrogens (tertiary/aromatic N) is 3. The molecule has 0 saturated heterocycles. The van der Waals surface area contributed by atoms with E-state index in [0.717, 1.165) is 62.9 Å². The quantitative estimate of drug-likeness (QED) is 0.0225. The fraction of sp³-hybridized carbons (Fsp3) is 0.141.